The molecule has 1 heterocycles. The van der Waals surface area contributed by atoms with Gasteiger partial charge in [-0.1, -0.05) is 35.4 Å². The van der Waals surface area contributed by atoms with Crippen molar-refractivity contribution in [3.8, 4) is 0 Å². The second kappa shape index (κ2) is 4.20. The van der Waals surface area contributed by atoms with Crippen LogP contribution in [0.4, 0.5) is 4.39 Å². The molecule has 16 heavy (non-hydrogen) atoms. The highest BCUT2D eigenvalue weighted by atomic mass is 35.5. The zero-order valence-electron chi connectivity index (χ0n) is 8.03. The zero-order chi connectivity index (χ0) is 11.9. The maximum Gasteiger partial charge on any atom is 0.324 e. The van der Waals surface area contributed by atoms with E-state index in [-0.39, 0.29) is 23.8 Å². The fourth-order valence-electron chi connectivity index (χ4n) is 1.96. The molecule has 1 saturated heterocycles. The van der Waals surface area contributed by atoms with Crippen molar-refractivity contribution in [1.82, 2.24) is 4.31 Å². The summed E-state index contributed by atoms with van der Waals surface area (Å²) in [5.41, 5.74) is 0. The van der Waals surface area contributed by atoms with Crippen LogP contribution in [0.3, 0.4) is 0 Å². The van der Waals surface area contributed by atoms with Crippen molar-refractivity contribution < 1.29 is 14.0 Å². The molecule has 2 aliphatic rings. The Balaban J connectivity index is 2.18. The largest absolute Gasteiger partial charge is 0.324 e. The molecule has 0 bridgehead atoms. The number of allylic oxidation sites excluding steroid dienone is 2. The number of rotatable bonds is 2. The number of hydrogen-bond donors (Lipinski definition) is 0. The first-order chi connectivity index (χ1) is 7.40. The molecular formula is C9H8Cl2FNO2S. The Kier molecular flexibility index (Phi) is 3.20. The third-order valence-corrected chi connectivity index (χ3v) is 3.83. The van der Waals surface area contributed by atoms with Crippen LogP contribution in [0.1, 0.15) is 12.8 Å². The molecule has 2 atom stereocenters. The number of imide groups is 1. The second-order valence-electron chi connectivity index (χ2n) is 3.66. The molecule has 0 aromatic rings. The average molecular weight is 284 g/mol. The lowest BCUT2D eigenvalue weighted by Gasteiger charge is -2.16. The summed E-state index contributed by atoms with van der Waals surface area (Å²) in [6.07, 6.45) is 4.72. The Morgan fingerprint density at radius 2 is 1.69 bits per heavy atom. The summed E-state index contributed by atoms with van der Waals surface area (Å²) in [5.74, 6) is -1.60. The minimum atomic E-state index is -2.66. The molecule has 1 fully saturated rings. The van der Waals surface area contributed by atoms with Gasteiger partial charge in [0.1, 0.15) is 0 Å². The van der Waals surface area contributed by atoms with E-state index in [0.717, 1.165) is 4.31 Å². The van der Waals surface area contributed by atoms with Gasteiger partial charge in [-0.05, 0) is 12.8 Å². The van der Waals surface area contributed by atoms with Crippen molar-refractivity contribution in [2.45, 2.75) is 16.8 Å². The molecule has 0 saturated carbocycles. The van der Waals surface area contributed by atoms with E-state index in [9.17, 15) is 14.0 Å². The number of carbonyl (C=O) groups excluding carboxylic acids is 2. The molecule has 1 aliphatic carbocycles. The van der Waals surface area contributed by atoms with Crippen LogP contribution < -0.4 is 0 Å². The maximum absolute atomic E-state index is 13.0. The fourth-order valence-corrected chi connectivity index (χ4v) is 3.04. The predicted molar refractivity (Wildman–Crippen MR) is 60.3 cm³/mol. The third kappa shape index (κ3) is 2.21. The van der Waals surface area contributed by atoms with E-state index < -0.39 is 15.7 Å². The molecule has 2 unspecified atom stereocenters. The minimum Gasteiger partial charge on any atom is -0.273 e. The molecule has 1 aliphatic heterocycles. The molecule has 0 radical (unpaired) electrons. The van der Waals surface area contributed by atoms with E-state index in [1.54, 1.807) is 0 Å². The van der Waals surface area contributed by atoms with E-state index in [0.29, 0.717) is 12.8 Å². The average Bonchev–Trinajstić information content (AvgIpc) is 2.43. The summed E-state index contributed by atoms with van der Waals surface area (Å²) in [5, 5.41) is 0. The van der Waals surface area contributed by atoms with Crippen LogP contribution in [0.15, 0.2) is 12.2 Å². The molecule has 2 amide bonds. The van der Waals surface area contributed by atoms with Crippen LogP contribution in [-0.4, -0.2) is 20.0 Å². The van der Waals surface area contributed by atoms with Gasteiger partial charge in [-0.25, -0.2) is 4.31 Å². The quantitative estimate of drug-likeness (QED) is 0.338. The Hall–Kier alpha value is -0.260. The van der Waals surface area contributed by atoms with Gasteiger partial charge in [-0.3, -0.25) is 9.59 Å². The number of amides is 2. The van der Waals surface area contributed by atoms with E-state index in [1.165, 1.54) is 0 Å². The SMILES string of the molecule is O=C1C2CC=CCC2C(=O)N1SC(F)(Cl)Cl. The van der Waals surface area contributed by atoms with E-state index in [4.69, 9.17) is 23.2 Å². The Labute approximate surface area is 106 Å². The molecule has 88 valence electrons. The van der Waals surface area contributed by atoms with Crippen LogP contribution in [-0.2, 0) is 9.59 Å². The lowest BCUT2D eigenvalue weighted by Crippen LogP contribution is -2.27. The monoisotopic (exact) mass is 283 g/mol. The maximum atomic E-state index is 13.0. The van der Waals surface area contributed by atoms with Gasteiger partial charge in [0.15, 0.2) is 0 Å². The fraction of sp³-hybridized carbons (Fsp3) is 0.556. The molecular weight excluding hydrogens is 276 g/mol. The van der Waals surface area contributed by atoms with Crippen molar-refractivity contribution in [1.29, 1.82) is 0 Å². The Morgan fingerprint density at radius 1 is 1.25 bits per heavy atom. The normalized spacial score (nSPS) is 29.8. The van der Waals surface area contributed by atoms with Crippen LogP contribution in [0.5, 0.6) is 0 Å². The van der Waals surface area contributed by atoms with E-state index in [1.807, 2.05) is 12.2 Å². The smallest absolute Gasteiger partial charge is 0.273 e. The number of nitrogens with zero attached hydrogens (tertiary/aromatic N) is 1. The Morgan fingerprint density at radius 3 is 2.06 bits per heavy atom. The van der Waals surface area contributed by atoms with Crippen molar-refractivity contribution >= 4 is 47.0 Å². The van der Waals surface area contributed by atoms with Crippen molar-refractivity contribution in [3.63, 3.8) is 0 Å². The zero-order valence-corrected chi connectivity index (χ0v) is 10.4. The van der Waals surface area contributed by atoms with Gasteiger partial charge < -0.3 is 0 Å². The standard InChI is InChI=1S/C9H8Cl2FNO2S/c10-9(11,12)16-13-7(14)5-3-1-2-4-6(5)8(13)15/h1-2,5-6H,3-4H2. The molecule has 0 spiro atoms. The highest BCUT2D eigenvalue weighted by Gasteiger charge is 2.50. The van der Waals surface area contributed by atoms with Gasteiger partial charge >= 0.3 is 3.92 Å². The highest BCUT2D eigenvalue weighted by Crippen LogP contribution is 2.45. The summed E-state index contributed by atoms with van der Waals surface area (Å²) >= 11 is 10.5. The molecule has 0 aromatic heterocycles. The number of fused-ring (bicyclic) bond motifs is 1. The van der Waals surface area contributed by atoms with Gasteiger partial charge in [-0.15, -0.1) is 0 Å². The number of alkyl halides is 3. The minimum absolute atomic E-state index is 0.217. The van der Waals surface area contributed by atoms with Gasteiger partial charge in [0, 0.05) is 11.9 Å². The second-order valence-corrected chi connectivity index (χ2v) is 6.46. The van der Waals surface area contributed by atoms with Crippen molar-refractivity contribution in [3.05, 3.63) is 12.2 Å². The number of halogens is 3. The Bertz CT molecular complexity index is 343. The first kappa shape index (κ1) is 12.2. The lowest BCUT2D eigenvalue weighted by atomic mass is 9.85. The number of carbonyl (C=O) groups is 2. The molecule has 3 nitrogen and oxygen atoms in total. The molecule has 0 N–H and O–H groups in total. The van der Waals surface area contributed by atoms with Crippen LogP contribution in [0.2, 0.25) is 0 Å². The van der Waals surface area contributed by atoms with Gasteiger partial charge in [0.2, 0.25) is 11.8 Å². The van der Waals surface area contributed by atoms with Gasteiger partial charge in [0.05, 0.1) is 11.8 Å². The van der Waals surface area contributed by atoms with Crippen molar-refractivity contribution in [2.24, 2.45) is 11.8 Å². The highest BCUT2D eigenvalue weighted by molar-refractivity contribution is 8.01. The molecule has 0 aromatic carbocycles. The van der Waals surface area contributed by atoms with Gasteiger partial charge in [-0.2, -0.15) is 4.39 Å². The predicted octanol–water partition coefficient (Wildman–Crippen LogP) is 2.64. The first-order valence-electron chi connectivity index (χ1n) is 4.69. The molecule has 2 rings (SSSR count). The summed E-state index contributed by atoms with van der Waals surface area (Å²) in [6, 6.07) is 0. The molecule has 7 heteroatoms. The van der Waals surface area contributed by atoms with Gasteiger partial charge in [0.25, 0.3) is 0 Å². The summed E-state index contributed by atoms with van der Waals surface area (Å²) in [6.45, 7) is 0. The van der Waals surface area contributed by atoms with Crippen LogP contribution >= 0.6 is 35.1 Å². The topological polar surface area (TPSA) is 37.4 Å². The summed E-state index contributed by atoms with van der Waals surface area (Å²) in [7, 11) is 0. The number of hydrogen-bond acceptors (Lipinski definition) is 3. The summed E-state index contributed by atoms with van der Waals surface area (Å²) in [4.78, 5) is 23.6. The summed E-state index contributed by atoms with van der Waals surface area (Å²) < 4.78 is 11.1. The lowest BCUT2D eigenvalue weighted by molar-refractivity contribution is -0.133. The van der Waals surface area contributed by atoms with Crippen LogP contribution in [0, 0.1) is 11.8 Å². The van der Waals surface area contributed by atoms with Crippen LogP contribution in [0.25, 0.3) is 0 Å². The van der Waals surface area contributed by atoms with Crippen molar-refractivity contribution in [2.75, 3.05) is 0 Å². The first-order valence-corrected chi connectivity index (χ1v) is 6.22. The van der Waals surface area contributed by atoms with E-state index >= 15 is 0 Å². The van der Waals surface area contributed by atoms with E-state index in [2.05, 4.69) is 0 Å². The third-order valence-electron chi connectivity index (χ3n) is 2.66.